The van der Waals surface area contributed by atoms with Crippen molar-refractivity contribution in [2.75, 3.05) is 13.8 Å². The van der Waals surface area contributed by atoms with Gasteiger partial charge in [0.25, 0.3) is 5.89 Å². The summed E-state index contributed by atoms with van der Waals surface area (Å²) in [6, 6.07) is 3.01. The summed E-state index contributed by atoms with van der Waals surface area (Å²) in [6.07, 6.45) is 2.11. The Bertz CT molecular complexity index is 813. The average Bonchev–Trinajstić information content (AvgIpc) is 3.17. The molecule has 0 aliphatic carbocycles. The van der Waals surface area contributed by atoms with Crippen LogP contribution in [0.3, 0.4) is 0 Å². The lowest BCUT2D eigenvalue weighted by atomic mass is 10.1. The van der Waals surface area contributed by atoms with Gasteiger partial charge in [-0.05, 0) is 17.7 Å². The minimum atomic E-state index is -0.919. The molecule has 1 unspecified atom stereocenters. The summed E-state index contributed by atoms with van der Waals surface area (Å²) >= 11 is 0. The number of hydrogen-bond donors (Lipinski definition) is 0. The molecule has 6 nitrogen and oxygen atoms in total. The highest BCUT2D eigenvalue weighted by Crippen LogP contribution is 2.27. The largest absolute Gasteiger partial charge is 0.367 e. The Kier molecular flexibility index (Phi) is 4.61. The van der Waals surface area contributed by atoms with E-state index in [4.69, 9.17) is 9.26 Å². The first-order valence-corrected chi connectivity index (χ1v) is 7.02. The highest BCUT2D eigenvalue weighted by molar-refractivity contribution is 5.51. The molecule has 0 radical (unpaired) electrons. The van der Waals surface area contributed by atoms with Gasteiger partial charge in [0, 0.05) is 19.4 Å². The topological polar surface area (TPSA) is 66.0 Å². The summed E-state index contributed by atoms with van der Waals surface area (Å²) < 4.78 is 50.8. The Hall–Kier alpha value is -2.68. The van der Waals surface area contributed by atoms with Crippen LogP contribution in [-0.2, 0) is 11.3 Å². The van der Waals surface area contributed by atoms with Crippen molar-refractivity contribution in [1.82, 2.24) is 19.9 Å². The Morgan fingerprint density at radius 1 is 1.25 bits per heavy atom. The van der Waals surface area contributed by atoms with Crippen LogP contribution in [0, 0.1) is 11.6 Å². The van der Waals surface area contributed by atoms with E-state index in [1.807, 2.05) is 0 Å². The van der Waals surface area contributed by atoms with Gasteiger partial charge in [0.05, 0.1) is 18.3 Å². The number of hydrogen-bond acceptors (Lipinski definition) is 5. The van der Waals surface area contributed by atoms with Gasteiger partial charge >= 0.3 is 0 Å². The van der Waals surface area contributed by atoms with Crippen LogP contribution >= 0.6 is 0 Å². The van der Waals surface area contributed by atoms with Crippen molar-refractivity contribution in [3.8, 4) is 11.4 Å². The summed E-state index contributed by atoms with van der Waals surface area (Å²) in [5.74, 6) is -1.22. The van der Waals surface area contributed by atoms with E-state index in [1.165, 1.54) is 18.0 Å². The third-order valence-electron chi connectivity index (χ3n) is 3.29. The van der Waals surface area contributed by atoms with Gasteiger partial charge in [0.1, 0.15) is 18.3 Å². The summed E-state index contributed by atoms with van der Waals surface area (Å²) in [5, 5.41) is 7.76. The van der Waals surface area contributed by atoms with Crippen LogP contribution < -0.4 is 0 Å². The van der Waals surface area contributed by atoms with Crippen LogP contribution in [0.25, 0.3) is 11.4 Å². The molecule has 1 aromatic carbocycles. The van der Waals surface area contributed by atoms with E-state index in [-0.39, 0.29) is 23.8 Å². The van der Waals surface area contributed by atoms with E-state index in [1.54, 1.807) is 6.20 Å². The fraction of sp³-hybridized carbons (Fsp3) is 0.267. The molecule has 9 heteroatoms. The third kappa shape index (κ3) is 3.30. The molecule has 0 amide bonds. The van der Waals surface area contributed by atoms with Crippen LogP contribution in [0.2, 0.25) is 0 Å². The molecule has 2 heterocycles. The highest BCUT2D eigenvalue weighted by Gasteiger charge is 2.23. The number of nitrogens with zero attached hydrogens (tertiary/aromatic N) is 4. The zero-order valence-electron chi connectivity index (χ0n) is 12.6. The van der Waals surface area contributed by atoms with E-state index in [0.717, 1.165) is 18.2 Å². The van der Waals surface area contributed by atoms with Crippen molar-refractivity contribution in [1.29, 1.82) is 0 Å². The van der Waals surface area contributed by atoms with E-state index < -0.39 is 24.4 Å². The molecule has 1 atom stereocenters. The first-order valence-electron chi connectivity index (χ1n) is 7.02. The minimum absolute atomic E-state index is 0.0377. The lowest BCUT2D eigenvalue weighted by Gasteiger charge is -2.11. The predicted octanol–water partition coefficient (Wildman–Crippen LogP) is 2.92. The molecule has 3 rings (SSSR count). The smallest absolute Gasteiger partial charge is 0.260 e. The zero-order chi connectivity index (χ0) is 17.1. The van der Waals surface area contributed by atoms with Gasteiger partial charge in [-0.1, -0.05) is 5.16 Å². The van der Waals surface area contributed by atoms with Gasteiger partial charge in [0.15, 0.2) is 6.10 Å². The second-order valence-corrected chi connectivity index (χ2v) is 4.96. The summed E-state index contributed by atoms with van der Waals surface area (Å²) in [6.45, 7) is -0.427. The molecule has 3 aromatic rings. The van der Waals surface area contributed by atoms with E-state index in [9.17, 15) is 13.2 Å². The normalized spacial score (nSPS) is 12.5. The third-order valence-corrected chi connectivity index (χ3v) is 3.29. The van der Waals surface area contributed by atoms with E-state index in [2.05, 4.69) is 15.2 Å². The Morgan fingerprint density at radius 2 is 2.00 bits per heavy atom. The number of rotatable bonds is 6. The van der Waals surface area contributed by atoms with Gasteiger partial charge in [0.2, 0.25) is 5.82 Å². The molecule has 126 valence electrons. The van der Waals surface area contributed by atoms with E-state index >= 15 is 0 Å². The fourth-order valence-electron chi connectivity index (χ4n) is 2.25. The quantitative estimate of drug-likeness (QED) is 0.691. The van der Waals surface area contributed by atoms with Crippen LogP contribution in [0.5, 0.6) is 0 Å². The molecular weight excluding hydrogens is 325 g/mol. The standard InChI is InChI=1S/C15H13F3N4O2/c1-23-13(9-4-11(17)6-12(18)5-9)15-20-14(21-24-15)10-7-19-22(8-10)3-2-16/h4-8,13H,2-3H2,1H3. The zero-order valence-corrected chi connectivity index (χ0v) is 12.6. The maximum Gasteiger partial charge on any atom is 0.260 e. The lowest BCUT2D eigenvalue weighted by Crippen LogP contribution is -2.05. The number of methoxy groups -OCH3 is 1. The van der Waals surface area contributed by atoms with Crippen LogP contribution in [0.15, 0.2) is 35.1 Å². The van der Waals surface area contributed by atoms with Gasteiger partial charge in [-0.2, -0.15) is 10.1 Å². The molecule has 0 bridgehead atoms. The monoisotopic (exact) mass is 338 g/mol. The van der Waals surface area contributed by atoms with E-state index in [0.29, 0.717) is 5.56 Å². The maximum absolute atomic E-state index is 13.4. The molecule has 0 saturated heterocycles. The maximum atomic E-state index is 13.4. The predicted molar refractivity (Wildman–Crippen MR) is 76.7 cm³/mol. The molecule has 0 spiro atoms. The molecule has 2 aromatic heterocycles. The van der Waals surface area contributed by atoms with Crippen molar-refractivity contribution in [2.24, 2.45) is 0 Å². The van der Waals surface area contributed by atoms with Crippen molar-refractivity contribution in [2.45, 2.75) is 12.6 Å². The lowest BCUT2D eigenvalue weighted by molar-refractivity contribution is 0.104. The molecule has 0 saturated carbocycles. The van der Waals surface area contributed by atoms with Crippen molar-refractivity contribution in [3.05, 3.63) is 53.7 Å². The number of ether oxygens (including phenoxy) is 1. The summed E-state index contributed by atoms with van der Waals surface area (Å²) in [4.78, 5) is 4.17. The number of aryl methyl sites for hydroxylation is 1. The second kappa shape index (κ2) is 6.83. The minimum Gasteiger partial charge on any atom is -0.367 e. The fourth-order valence-corrected chi connectivity index (χ4v) is 2.25. The summed E-state index contributed by atoms with van der Waals surface area (Å²) in [5.41, 5.74) is 0.733. The second-order valence-electron chi connectivity index (χ2n) is 4.96. The SMILES string of the molecule is COC(c1cc(F)cc(F)c1)c1nc(-c2cnn(CCF)c2)no1. The molecule has 0 fully saturated rings. The van der Waals surface area contributed by atoms with Crippen molar-refractivity contribution >= 4 is 0 Å². The van der Waals surface area contributed by atoms with Crippen LogP contribution in [-0.4, -0.2) is 33.7 Å². The average molecular weight is 338 g/mol. The van der Waals surface area contributed by atoms with Gasteiger partial charge in [-0.3, -0.25) is 4.68 Å². The number of halogens is 3. The number of aromatic nitrogens is 4. The Labute approximate surface area is 134 Å². The van der Waals surface area contributed by atoms with Gasteiger partial charge in [-0.25, -0.2) is 13.2 Å². The number of alkyl halides is 1. The van der Waals surface area contributed by atoms with Crippen molar-refractivity contribution < 1.29 is 22.4 Å². The molecule has 0 aliphatic heterocycles. The first kappa shape index (κ1) is 16.2. The molecular formula is C15H13F3N4O2. The van der Waals surface area contributed by atoms with Crippen LogP contribution in [0.4, 0.5) is 13.2 Å². The number of benzene rings is 1. The Balaban J connectivity index is 1.89. The van der Waals surface area contributed by atoms with Gasteiger partial charge in [-0.15, -0.1) is 0 Å². The van der Waals surface area contributed by atoms with Crippen molar-refractivity contribution in [3.63, 3.8) is 0 Å². The first-order chi connectivity index (χ1) is 11.6. The Morgan fingerprint density at radius 3 is 2.67 bits per heavy atom. The summed E-state index contributed by atoms with van der Waals surface area (Å²) in [7, 11) is 1.36. The van der Waals surface area contributed by atoms with Crippen LogP contribution in [0.1, 0.15) is 17.6 Å². The highest BCUT2D eigenvalue weighted by atomic mass is 19.1. The molecule has 0 N–H and O–H groups in total. The molecule has 24 heavy (non-hydrogen) atoms. The molecule has 0 aliphatic rings. The van der Waals surface area contributed by atoms with Gasteiger partial charge < -0.3 is 9.26 Å².